The lowest BCUT2D eigenvalue weighted by molar-refractivity contribution is 0.0915. The molecule has 1 atom stereocenters. The maximum Gasteiger partial charge on any atom is 0.287 e. The molecule has 1 unspecified atom stereocenters. The van der Waals surface area contributed by atoms with Crippen molar-refractivity contribution >= 4 is 12.0 Å². The summed E-state index contributed by atoms with van der Waals surface area (Å²) in [5.41, 5.74) is 4.96. The molecule has 150 valence electrons. The summed E-state index contributed by atoms with van der Waals surface area (Å²) in [4.78, 5) is 12.6. The molecule has 3 rings (SSSR count). The molecule has 29 heavy (non-hydrogen) atoms. The Kier molecular flexibility index (Phi) is 6.55. The molecule has 0 aliphatic carbocycles. The van der Waals surface area contributed by atoms with Gasteiger partial charge in [0.25, 0.3) is 5.91 Å². The number of aryl methyl sites for hydroxylation is 3. The predicted molar refractivity (Wildman–Crippen MR) is 116 cm³/mol. The minimum Gasteiger partial charge on any atom is -0.465 e. The monoisotopic (exact) mass is 389 g/mol. The Morgan fingerprint density at radius 1 is 1.17 bits per heavy atom. The Labute approximate surface area is 171 Å². The number of hydrogen-bond donors (Lipinski definition) is 1. The first-order valence-corrected chi connectivity index (χ1v) is 9.75. The molecular weight excluding hydrogens is 362 g/mol. The van der Waals surface area contributed by atoms with E-state index in [1.54, 1.807) is 18.4 Å². The Hall–Kier alpha value is -3.27. The lowest BCUT2D eigenvalue weighted by atomic mass is 9.97. The fraction of sp³-hybridized carbons (Fsp3) is 0.240. The van der Waals surface area contributed by atoms with E-state index in [9.17, 15) is 4.79 Å². The van der Waals surface area contributed by atoms with Gasteiger partial charge in [-0.05, 0) is 74.2 Å². The molecule has 1 N–H and O–H groups in total. The highest BCUT2D eigenvalue weighted by atomic mass is 16.4. The first-order chi connectivity index (χ1) is 14.0. The minimum atomic E-state index is -0.246. The Bertz CT molecular complexity index is 986. The van der Waals surface area contributed by atoms with Gasteiger partial charge in [-0.15, -0.1) is 6.58 Å². The van der Waals surface area contributed by atoms with Crippen LogP contribution in [0.15, 0.2) is 70.2 Å². The van der Waals surface area contributed by atoms with E-state index in [-0.39, 0.29) is 11.9 Å². The van der Waals surface area contributed by atoms with E-state index in [1.165, 1.54) is 22.3 Å². The van der Waals surface area contributed by atoms with Crippen LogP contribution in [0.2, 0.25) is 0 Å². The summed E-state index contributed by atoms with van der Waals surface area (Å²) >= 11 is 0. The van der Waals surface area contributed by atoms with E-state index in [0.29, 0.717) is 18.6 Å². The molecule has 0 saturated heterocycles. The van der Waals surface area contributed by atoms with Crippen molar-refractivity contribution in [3.05, 3.63) is 101 Å². The second-order valence-electron chi connectivity index (χ2n) is 7.30. The molecule has 1 amide bonds. The van der Waals surface area contributed by atoms with Gasteiger partial charge in [0.15, 0.2) is 5.76 Å². The lowest BCUT2D eigenvalue weighted by Gasteiger charge is -2.12. The molecule has 0 aliphatic rings. The number of rotatable bonds is 8. The Balaban J connectivity index is 1.68. The van der Waals surface area contributed by atoms with Crippen LogP contribution in [-0.4, -0.2) is 11.9 Å². The summed E-state index contributed by atoms with van der Waals surface area (Å²) in [5.74, 6) is 1.57. The largest absolute Gasteiger partial charge is 0.465 e. The minimum absolute atomic E-state index is 0.194. The molecule has 4 nitrogen and oxygen atoms in total. The highest BCUT2D eigenvalue weighted by Gasteiger charge is 2.15. The van der Waals surface area contributed by atoms with E-state index in [2.05, 4.69) is 44.8 Å². The zero-order valence-corrected chi connectivity index (χ0v) is 17.2. The number of carbonyl (C=O) groups excluding carboxylic acids is 1. The highest BCUT2D eigenvalue weighted by Crippen LogP contribution is 2.21. The SMILES string of the molecule is C=CCC(C=Cc1ccco1)NC(=O)c1ccc(Cc2c(C)cc(C)cc2C)o1. The van der Waals surface area contributed by atoms with Gasteiger partial charge < -0.3 is 14.2 Å². The van der Waals surface area contributed by atoms with Crippen molar-refractivity contribution in [2.75, 3.05) is 0 Å². The molecule has 0 bridgehead atoms. The molecule has 4 heteroatoms. The van der Waals surface area contributed by atoms with Crippen LogP contribution in [0.25, 0.3) is 6.08 Å². The van der Waals surface area contributed by atoms with E-state index >= 15 is 0 Å². The third-order valence-corrected chi connectivity index (χ3v) is 4.85. The molecule has 2 aromatic heterocycles. The first kappa shape index (κ1) is 20.5. The molecule has 0 aliphatic heterocycles. The van der Waals surface area contributed by atoms with Crippen molar-refractivity contribution in [1.29, 1.82) is 0 Å². The molecule has 0 radical (unpaired) electrons. The summed E-state index contributed by atoms with van der Waals surface area (Å²) in [6.07, 6.45) is 8.39. The van der Waals surface area contributed by atoms with Crippen molar-refractivity contribution in [2.24, 2.45) is 0 Å². The summed E-state index contributed by atoms with van der Waals surface area (Å²) in [7, 11) is 0. The van der Waals surface area contributed by atoms with Crippen LogP contribution in [0, 0.1) is 20.8 Å². The highest BCUT2D eigenvalue weighted by molar-refractivity contribution is 5.91. The molecule has 0 saturated carbocycles. The lowest BCUT2D eigenvalue weighted by Crippen LogP contribution is -2.32. The van der Waals surface area contributed by atoms with Gasteiger partial charge in [0, 0.05) is 6.42 Å². The maximum atomic E-state index is 12.6. The van der Waals surface area contributed by atoms with Crippen LogP contribution < -0.4 is 5.32 Å². The van der Waals surface area contributed by atoms with Crippen LogP contribution >= 0.6 is 0 Å². The van der Waals surface area contributed by atoms with Crippen LogP contribution in [0.4, 0.5) is 0 Å². The third-order valence-electron chi connectivity index (χ3n) is 4.85. The normalized spacial score (nSPS) is 12.2. The number of carbonyl (C=O) groups is 1. The summed E-state index contributed by atoms with van der Waals surface area (Å²) < 4.78 is 11.1. The second-order valence-corrected chi connectivity index (χ2v) is 7.30. The van der Waals surface area contributed by atoms with Crippen molar-refractivity contribution in [1.82, 2.24) is 5.32 Å². The number of hydrogen-bond acceptors (Lipinski definition) is 3. The topological polar surface area (TPSA) is 55.4 Å². The average Bonchev–Trinajstić information content (AvgIpc) is 3.35. The van der Waals surface area contributed by atoms with Crippen molar-refractivity contribution < 1.29 is 13.6 Å². The number of furan rings is 2. The molecular formula is C25H27NO3. The van der Waals surface area contributed by atoms with E-state index in [1.807, 2.05) is 30.4 Å². The van der Waals surface area contributed by atoms with Gasteiger partial charge in [-0.2, -0.15) is 0 Å². The van der Waals surface area contributed by atoms with Crippen LogP contribution in [0.3, 0.4) is 0 Å². The summed E-state index contributed by atoms with van der Waals surface area (Å²) in [6.45, 7) is 10.1. The maximum absolute atomic E-state index is 12.6. The first-order valence-electron chi connectivity index (χ1n) is 9.75. The van der Waals surface area contributed by atoms with Crippen molar-refractivity contribution in [3.63, 3.8) is 0 Å². The number of benzene rings is 1. The van der Waals surface area contributed by atoms with E-state index in [4.69, 9.17) is 8.83 Å². The Morgan fingerprint density at radius 3 is 2.59 bits per heavy atom. The van der Waals surface area contributed by atoms with Crippen molar-refractivity contribution in [3.8, 4) is 0 Å². The average molecular weight is 389 g/mol. The number of nitrogens with one attached hydrogen (secondary N) is 1. The van der Waals surface area contributed by atoms with Gasteiger partial charge in [-0.25, -0.2) is 0 Å². The van der Waals surface area contributed by atoms with Crippen LogP contribution in [0.5, 0.6) is 0 Å². The molecule has 0 spiro atoms. The second kappa shape index (κ2) is 9.28. The van der Waals surface area contributed by atoms with Gasteiger partial charge in [0.2, 0.25) is 0 Å². The third kappa shape index (κ3) is 5.38. The van der Waals surface area contributed by atoms with E-state index in [0.717, 1.165) is 11.5 Å². The summed E-state index contributed by atoms with van der Waals surface area (Å²) in [6, 6.07) is 11.4. The van der Waals surface area contributed by atoms with Crippen LogP contribution in [0.1, 0.15) is 50.7 Å². The smallest absolute Gasteiger partial charge is 0.287 e. The molecule has 2 heterocycles. The quantitative estimate of drug-likeness (QED) is 0.497. The van der Waals surface area contributed by atoms with Gasteiger partial charge in [-0.1, -0.05) is 29.8 Å². The van der Waals surface area contributed by atoms with Gasteiger partial charge in [0.05, 0.1) is 12.3 Å². The van der Waals surface area contributed by atoms with Crippen molar-refractivity contribution in [2.45, 2.75) is 39.7 Å². The van der Waals surface area contributed by atoms with Gasteiger partial charge in [-0.3, -0.25) is 4.79 Å². The fourth-order valence-corrected chi connectivity index (χ4v) is 3.46. The zero-order valence-electron chi connectivity index (χ0n) is 17.2. The zero-order chi connectivity index (χ0) is 20.8. The molecule has 3 aromatic rings. The van der Waals surface area contributed by atoms with E-state index < -0.39 is 0 Å². The van der Waals surface area contributed by atoms with Gasteiger partial charge >= 0.3 is 0 Å². The number of amides is 1. The van der Waals surface area contributed by atoms with Crippen LogP contribution in [-0.2, 0) is 6.42 Å². The molecule has 0 fully saturated rings. The predicted octanol–water partition coefficient (Wildman–Crippen LogP) is 5.78. The Morgan fingerprint density at radius 2 is 1.93 bits per heavy atom. The standard InChI is InChI=1S/C25H27NO3/c1-5-7-20(9-10-21-8-6-13-28-21)26-25(27)24-12-11-22(29-24)16-23-18(3)14-17(2)15-19(23)4/h5-6,8-15,20H,1,7,16H2,2-4H3,(H,26,27). The van der Waals surface area contributed by atoms with Gasteiger partial charge in [0.1, 0.15) is 11.5 Å². The summed E-state index contributed by atoms with van der Waals surface area (Å²) in [5, 5.41) is 2.97. The molecule has 1 aromatic carbocycles. The fourth-order valence-electron chi connectivity index (χ4n) is 3.46.